The number of hydrogen-bond donors (Lipinski definition) is 2. The molecule has 2 amide bonds. The summed E-state index contributed by atoms with van der Waals surface area (Å²) >= 11 is 0. The van der Waals surface area contributed by atoms with Gasteiger partial charge in [0.25, 0.3) is 0 Å². The molecule has 28 heavy (non-hydrogen) atoms. The van der Waals surface area contributed by atoms with E-state index in [2.05, 4.69) is 27.4 Å². The summed E-state index contributed by atoms with van der Waals surface area (Å²) in [5.41, 5.74) is 5.04. The van der Waals surface area contributed by atoms with Crippen LogP contribution in [0.3, 0.4) is 0 Å². The lowest BCUT2D eigenvalue weighted by Crippen LogP contribution is -2.58. The number of carbonyl (C=O) groups excluding carboxylic acids is 2. The number of nitrogens with two attached hydrogens (primary N) is 1. The van der Waals surface area contributed by atoms with E-state index in [4.69, 9.17) is 10.5 Å². The van der Waals surface area contributed by atoms with E-state index >= 15 is 0 Å². The second-order valence-electron chi connectivity index (χ2n) is 7.66. The number of nitrogens with one attached hydrogen (secondary N) is 1. The second-order valence-corrected chi connectivity index (χ2v) is 7.66. The maximum absolute atomic E-state index is 11.7. The third kappa shape index (κ3) is 4.22. The van der Waals surface area contributed by atoms with E-state index < -0.39 is 5.54 Å². The van der Waals surface area contributed by atoms with Gasteiger partial charge in [-0.1, -0.05) is 6.58 Å². The van der Waals surface area contributed by atoms with Crippen molar-refractivity contribution in [1.29, 1.82) is 0 Å². The van der Waals surface area contributed by atoms with Crippen molar-refractivity contribution >= 4 is 11.8 Å². The van der Waals surface area contributed by atoms with Gasteiger partial charge in [-0.3, -0.25) is 9.59 Å². The van der Waals surface area contributed by atoms with Crippen LogP contribution in [0.25, 0.3) is 0 Å². The molecule has 0 aromatic carbocycles. The molecule has 2 fully saturated rings. The highest BCUT2D eigenvalue weighted by molar-refractivity contribution is 5.87. The lowest BCUT2D eigenvalue weighted by atomic mass is 9.67. The van der Waals surface area contributed by atoms with Gasteiger partial charge < -0.3 is 20.7 Å². The predicted octanol–water partition coefficient (Wildman–Crippen LogP) is -0.576. The molecule has 10 nitrogen and oxygen atoms in total. The van der Waals surface area contributed by atoms with Crippen LogP contribution in [0, 0.1) is 11.8 Å². The maximum atomic E-state index is 11.7. The van der Waals surface area contributed by atoms with E-state index in [-0.39, 0.29) is 17.7 Å². The quantitative estimate of drug-likeness (QED) is 0.539. The molecule has 0 unspecified atom stereocenters. The average Bonchev–Trinajstić information content (AvgIpc) is 3.14. The maximum Gasteiger partial charge on any atom is 0.245 e. The van der Waals surface area contributed by atoms with Gasteiger partial charge in [0.2, 0.25) is 11.8 Å². The molecule has 2 aliphatic rings. The average molecular weight is 391 g/mol. The van der Waals surface area contributed by atoms with Gasteiger partial charge in [0.1, 0.15) is 0 Å². The Kier molecular flexibility index (Phi) is 6.40. The van der Waals surface area contributed by atoms with Gasteiger partial charge in [-0.15, -0.1) is 5.10 Å². The van der Waals surface area contributed by atoms with Crippen molar-refractivity contribution in [2.45, 2.75) is 37.8 Å². The van der Waals surface area contributed by atoms with Crippen LogP contribution in [0.15, 0.2) is 12.7 Å². The first-order chi connectivity index (χ1) is 13.5. The number of primary amides is 1. The fourth-order valence-corrected chi connectivity index (χ4v) is 4.09. The Morgan fingerprint density at radius 1 is 1.39 bits per heavy atom. The lowest BCUT2D eigenvalue weighted by molar-refractivity contribution is -0.127. The summed E-state index contributed by atoms with van der Waals surface area (Å²) in [5.74, 6) is 0.697. The van der Waals surface area contributed by atoms with Crippen LogP contribution in [-0.2, 0) is 26.4 Å². The summed E-state index contributed by atoms with van der Waals surface area (Å²) in [4.78, 5) is 25.2. The number of ether oxygens (including phenoxy) is 1. The van der Waals surface area contributed by atoms with Crippen LogP contribution in [0.4, 0.5) is 0 Å². The molecule has 3 N–H and O–H groups in total. The van der Waals surface area contributed by atoms with Gasteiger partial charge in [0, 0.05) is 26.1 Å². The largest absolute Gasteiger partial charge is 0.383 e. The summed E-state index contributed by atoms with van der Waals surface area (Å²) in [5, 5.41) is 15.8. The zero-order valence-electron chi connectivity index (χ0n) is 16.3. The molecule has 0 spiro atoms. The van der Waals surface area contributed by atoms with Crippen LogP contribution in [0.2, 0.25) is 0 Å². The summed E-state index contributed by atoms with van der Waals surface area (Å²) in [7, 11) is 1.63. The van der Waals surface area contributed by atoms with E-state index in [0.29, 0.717) is 31.9 Å². The summed E-state index contributed by atoms with van der Waals surface area (Å²) in [6.07, 6.45) is 4.39. The molecule has 1 saturated carbocycles. The first-order valence-corrected chi connectivity index (χ1v) is 9.70. The number of carbonyl (C=O) groups is 2. The minimum atomic E-state index is -0.453. The molecule has 1 aromatic heterocycles. The molecule has 0 atom stereocenters. The molecular weight excluding hydrogens is 362 g/mol. The van der Waals surface area contributed by atoms with E-state index in [1.165, 1.54) is 6.08 Å². The highest BCUT2D eigenvalue weighted by Gasteiger charge is 2.51. The van der Waals surface area contributed by atoms with Crippen molar-refractivity contribution in [2.75, 3.05) is 33.4 Å². The van der Waals surface area contributed by atoms with Gasteiger partial charge in [-0.25, -0.2) is 4.68 Å². The zero-order valence-corrected chi connectivity index (χ0v) is 16.3. The Morgan fingerprint density at radius 2 is 2.11 bits per heavy atom. The van der Waals surface area contributed by atoms with E-state index in [1.54, 1.807) is 11.8 Å². The Morgan fingerprint density at radius 3 is 2.71 bits per heavy atom. The standard InChI is InChI=1S/C18H29N7O3/c1-3-15(26)24-6-4-13(5-7-24)12-20-18(10-14(11-18)16(19)27)17-21-22-23-25(17)8-9-28-2/h3,13-14,20H,1,4-12H2,2H3,(H2,19,27). The minimum Gasteiger partial charge on any atom is -0.383 e. The number of likely N-dealkylation sites (tertiary alicyclic amines) is 1. The SMILES string of the molecule is C=CC(=O)N1CCC(CNC2(c3nnnn3CCOC)CC(C(N)=O)C2)CC1. The first kappa shape index (κ1) is 20.4. The summed E-state index contributed by atoms with van der Waals surface area (Å²) < 4.78 is 6.87. The van der Waals surface area contributed by atoms with E-state index in [9.17, 15) is 9.59 Å². The first-order valence-electron chi connectivity index (χ1n) is 9.70. The van der Waals surface area contributed by atoms with Crippen LogP contribution in [0.5, 0.6) is 0 Å². The van der Waals surface area contributed by atoms with Crippen LogP contribution in [0.1, 0.15) is 31.5 Å². The van der Waals surface area contributed by atoms with Gasteiger partial charge in [-0.05, 0) is 54.6 Å². The number of aromatic nitrogens is 4. The Bertz CT molecular complexity index is 706. The number of nitrogens with zero attached hydrogens (tertiary/aromatic N) is 5. The smallest absolute Gasteiger partial charge is 0.245 e. The fourth-order valence-electron chi connectivity index (χ4n) is 4.09. The molecule has 1 saturated heterocycles. The Hall–Kier alpha value is -2.33. The Balaban J connectivity index is 1.64. The van der Waals surface area contributed by atoms with Crippen molar-refractivity contribution in [3.63, 3.8) is 0 Å². The lowest BCUT2D eigenvalue weighted by Gasteiger charge is -2.46. The number of tetrazole rings is 1. The molecule has 1 aromatic rings. The number of rotatable bonds is 9. The van der Waals surface area contributed by atoms with Crippen molar-refractivity contribution in [3.8, 4) is 0 Å². The second kappa shape index (κ2) is 8.78. The molecular formula is C18H29N7O3. The van der Waals surface area contributed by atoms with Gasteiger partial charge >= 0.3 is 0 Å². The van der Waals surface area contributed by atoms with E-state index in [1.807, 2.05) is 4.90 Å². The molecule has 0 bridgehead atoms. The number of amides is 2. The van der Waals surface area contributed by atoms with Crippen molar-refractivity contribution in [2.24, 2.45) is 17.6 Å². The highest BCUT2D eigenvalue weighted by Crippen LogP contribution is 2.44. The monoisotopic (exact) mass is 391 g/mol. The zero-order chi connectivity index (χ0) is 20.1. The van der Waals surface area contributed by atoms with Crippen molar-refractivity contribution in [1.82, 2.24) is 30.4 Å². The Labute approximate surface area is 164 Å². The predicted molar refractivity (Wildman–Crippen MR) is 101 cm³/mol. The van der Waals surface area contributed by atoms with Gasteiger partial charge in [0.05, 0.1) is 18.7 Å². The van der Waals surface area contributed by atoms with Crippen molar-refractivity contribution in [3.05, 3.63) is 18.5 Å². The summed E-state index contributed by atoms with van der Waals surface area (Å²) in [6.45, 7) is 6.85. The van der Waals surface area contributed by atoms with Crippen LogP contribution in [-0.4, -0.2) is 70.3 Å². The third-order valence-corrected chi connectivity index (χ3v) is 5.89. The molecule has 1 aliphatic heterocycles. The number of methoxy groups -OCH3 is 1. The van der Waals surface area contributed by atoms with Crippen LogP contribution >= 0.6 is 0 Å². The molecule has 154 valence electrons. The van der Waals surface area contributed by atoms with Gasteiger partial charge in [0.15, 0.2) is 5.82 Å². The van der Waals surface area contributed by atoms with Gasteiger partial charge in [-0.2, -0.15) is 0 Å². The normalized spacial score (nSPS) is 25.3. The number of piperidine rings is 1. The van der Waals surface area contributed by atoms with Crippen molar-refractivity contribution < 1.29 is 14.3 Å². The molecule has 1 aliphatic carbocycles. The molecule has 3 rings (SSSR count). The third-order valence-electron chi connectivity index (χ3n) is 5.89. The van der Waals surface area contributed by atoms with Crippen LogP contribution < -0.4 is 11.1 Å². The fraction of sp³-hybridized carbons (Fsp3) is 0.722. The molecule has 2 heterocycles. The molecule has 0 radical (unpaired) electrons. The number of hydrogen-bond acceptors (Lipinski definition) is 7. The molecule has 10 heteroatoms. The van der Waals surface area contributed by atoms with E-state index in [0.717, 1.165) is 38.3 Å². The topological polar surface area (TPSA) is 128 Å². The minimum absolute atomic E-state index is 0.0107. The summed E-state index contributed by atoms with van der Waals surface area (Å²) in [6, 6.07) is 0. The highest BCUT2D eigenvalue weighted by atomic mass is 16.5.